The van der Waals surface area contributed by atoms with E-state index in [1.165, 1.54) is 24.7 Å². The van der Waals surface area contributed by atoms with Crippen molar-refractivity contribution in [2.45, 2.75) is 38.8 Å². The van der Waals surface area contributed by atoms with Crippen molar-refractivity contribution in [2.75, 3.05) is 19.8 Å². The second kappa shape index (κ2) is 6.92. The molecule has 0 N–H and O–H groups in total. The minimum Gasteiger partial charge on any atom is -0.380 e. The summed E-state index contributed by atoms with van der Waals surface area (Å²) in [4.78, 5) is 22.6. The number of amides is 1. The van der Waals surface area contributed by atoms with Gasteiger partial charge in [0, 0.05) is 43.6 Å². The maximum absolute atomic E-state index is 12.8. The summed E-state index contributed by atoms with van der Waals surface area (Å²) in [6, 6.07) is 1.65. The van der Waals surface area contributed by atoms with Gasteiger partial charge in [-0.25, -0.2) is 9.97 Å². The maximum atomic E-state index is 12.8. The fourth-order valence-corrected chi connectivity index (χ4v) is 3.25. The molecule has 1 amide bonds. The normalized spacial score (nSPS) is 19.7. The van der Waals surface area contributed by atoms with Gasteiger partial charge in [-0.15, -0.1) is 0 Å². The van der Waals surface area contributed by atoms with E-state index in [0.29, 0.717) is 25.4 Å². The van der Waals surface area contributed by atoms with E-state index in [9.17, 15) is 4.79 Å². The number of rotatable bonds is 6. The summed E-state index contributed by atoms with van der Waals surface area (Å²) in [5.74, 6) is 0.819. The Kier molecular flexibility index (Phi) is 4.48. The molecule has 2 aromatic heterocycles. The van der Waals surface area contributed by atoms with Gasteiger partial charge < -0.3 is 9.64 Å². The standard InChI is InChI=1S/C18H23N5O2/c1-2-23-8-15-14(11-25-10-13-3-4-13)7-22(9-17(15)21-23)18(24)16-5-6-19-12-20-16/h5-6,8,12-14H,2-4,7,9-11H2,1H3/t14-/m1/s1. The van der Waals surface area contributed by atoms with E-state index in [-0.39, 0.29) is 11.8 Å². The molecule has 7 nitrogen and oxygen atoms in total. The van der Waals surface area contributed by atoms with Crippen LogP contribution < -0.4 is 0 Å². The highest BCUT2D eigenvalue weighted by Crippen LogP contribution is 2.31. The van der Waals surface area contributed by atoms with Gasteiger partial charge in [-0.05, 0) is 31.7 Å². The van der Waals surface area contributed by atoms with Crippen LogP contribution >= 0.6 is 0 Å². The maximum Gasteiger partial charge on any atom is 0.272 e. The van der Waals surface area contributed by atoms with Crippen LogP contribution in [-0.2, 0) is 17.8 Å². The summed E-state index contributed by atoms with van der Waals surface area (Å²) in [5, 5.41) is 4.64. The first kappa shape index (κ1) is 16.2. The molecule has 1 atom stereocenters. The van der Waals surface area contributed by atoms with E-state index in [0.717, 1.165) is 24.8 Å². The van der Waals surface area contributed by atoms with Crippen molar-refractivity contribution in [2.24, 2.45) is 5.92 Å². The molecule has 2 aromatic rings. The number of fused-ring (bicyclic) bond motifs is 1. The number of nitrogens with zero attached hydrogens (tertiary/aromatic N) is 5. The summed E-state index contributed by atoms with van der Waals surface area (Å²) in [5.41, 5.74) is 2.60. The Morgan fingerprint density at radius 1 is 1.36 bits per heavy atom. The molecule has 132 valence electrons. The molecule has 2 aliphatic rings. The van der Waals surface area contributed by atoms with Gasteiger partial charge in [-0.3, -0.25) is 9.48 Å². The number of aryl methyl sites for hydroxylation is 1. The highest BCUT2D eigenvalue weighted by Gasteiger charge is 2.32. The molecule has 25 heavy (non-hydrogen) atoms. The number of hydrogen-bond donors (Lipinski definition) is 0. The van der Waals surface area contributed by atoms with Crippen LogP contribution in [0.25, 0.3) is 0 Å². The molecule has 0 spiro atoms. The Morgan fingerprint density at radius 2 is 2.24 bits per heavy atom. The lowest BCUT2D eigenvalue weighted by molar-refractivity contribution is 0.0621. The van der Waals surface area contributed by atoms with Gasteiger partial charge in [0.05, 0.1) is 18.8 Å². The molecule has 4 rings (SSSR count). The van der Waals surface area contributed by atoms with E-state index >= 15 is 0 Å². The average molecular weight is 341 g/mol. The lowest BCUT2D eigenvalue weighted by Crippen LogP contribution is -2.39. The first-order valence-corrected chi connectivity index (χ1v) is 8.94. The van der Waals surface area contributed by atoms with Crippen LogP contribution in [0.2, 0.25) is 0 Å². The van der Waals surface area contributed by atoms with Crippen LogP contribution in [0.15, 0.2) is 24.8 Å². The quantitative estimate of drug-likeness (QED) is 0.802. The molecule has 1 fully saturated rings. The van der Waals surface area contributed by atoms with Gasteiger partial charge in [0.1, 0.15) is 12.0 Å². The van der Waals surface area contributed by atoms with Crippen molar-refractivity contribution in [3.05, 3.63) is 41.7 Å². The zero-order valence-corrected chi connectivity index (χ0v) is 14.5. The number of hydrogen-bond acceptors (Lipinski definition) is 5. The van der Waals surface area contributed by atoms with Gasteiger partial charge in [-0.2, -0.15) is 5.10 Å². The summed E-state index contributed by atoms with van der Waals surface area (Å²) >= 11 is 0. The lowest BCUT2D eigenvalue weighted by Gasteiger charge is -2.31. The van der Waals surface area contributed by atoms with Crippen molar-refractivity contribution in [3.63, 3.8) is 0 Å². The van der Waals surface area contributed by atoms with Gasteiger partial charge >= 0.3 is 0 Å². The topological polar surface area (TPSA) is 73.1 Å². The Morgan fingerprint density at radius 3 is 2.96 bits per heavy atom. The Balaban J connectivity index is 1.52. The van der Waals surface area contributed by atoms with Crippen molar-refractivity contribution in [1.29, 1.82) is 0 Å². The number of ether oxygens (including phenoxy) is 1. The first-order chi connectivity index (χ1) is 12.2. The van der Waals surface area contributed by atoms with E-state index in [1.54, 1.807) is 12.3 Å². The van der Waals surface area contributed by atoms with Crippen LogP contribution in [0, 0.1) is 5.92 Å². The molecule has 0 saturated heterocycles. The predicted molar refractivity (Wildman–Crippen MR) is 91.0 cm³/mol. The smallest absolute Gasteiger partial charge is 0.272 e. The van der Waals surface area contributed by atoms with Crippen molar-refractivity contribution >= 4 is 5.91 Å². The Hall–Kier alpha value is -2.28. The molecular formula is C18H23N5O2. The summed E-state index contributed by atoms with van der Waals surface area (Å²) in [6.07, 6.45) is 7.67. The van der Waals surface area contributed by atoms with Crippen LogP contribution in [0.4, 0.5) is 0 Å². The van der Waals surface area contributed by atoms with Crippen molar-refractivity contribution < 1.29 is 9.53 Å². The Bertz CT molecular complexity index is 741. The second-order valence-electron chi connectivity index (χ2n) is 6.84. The molecule has 3 heterocycles. The Labute approximate surface area is 147 Å². The zero-order valence-electron chi connectivity index (χ0n) is 14.5. The van der Waals surface area contributed by atoms with E-state index < -0.39 is 0 Å². The third kappa shape index (κ3) is 3.56. The average Bonchev–Trinajstić information content (AvgIpc) is 3.37. The number of aromatic nitrogens is 4. The molecule has 1 aliphatic carbocycles. The molecule has 0 unspecified atom stereocenters. The van der Waals surface area contributed by atoms with Gasteiger partial charge in [0.25, 0.3) is 5.91 Å². The molecule has 1 saturated carbocycles. The highest BCUT2D eigenvalue weighted by molar-refractivity contribution is 5.92. The molecular weight excluding hydrogens is 318 g/mol. The molecule has 0 aromatic carbocycles. The van der Waals surface area contributed by atoms with Crippen molar-refractivity contribution in [1.82, 2.24) is 24.6 Å². The highest BCUT2D eigenvalue weighted by atomic mass is 16.5. The fourth-order valence-electron chi connectivity index (χ4n) is 3.25. The van der Waals surface area contributed by atoms with E-state index in [1.807, 2.05) is 9.58 Å². The summed E-state index contributed by atoms with van der Waals surface area (Å²) in [6.45, 7) is 5.50. The largest absolute Gasteiger partial charge is 0.380 e. The molecule has 7 heteroatoms. The van der Waals surface area contributed by atoms with Crippen molar-refractivity contribution in [3.8, 4) is 0 Å². The summed E-state index contributed by atoms with van der Waals surface area (Å²) in [7, 11) is 0. The van der Waals surface area contributed by atoms with Gasteiger partial charge in [0.15, 0.2) is 0 Å². The monoisotopic (exact) mass is 341 g/mol. The second-order valence-corrected chi connectivity index (χ2v) is 6.84. The predicted octanol–water partition coefficient (Wildman–Crippen LogP) is 1.86. The zero-order chi connectivity index (χ0) is 17.2. The van der Waals surface area contributed by atoms with Crippen LogP contribution in [-0.4, -0.2) is 50.3 Å². The summed E-state index contributed by atoms with van der Waals surface area (Å²) < 4.78 is 7.87. The van der Waals surface area contributed by atoms with Crippen LogP contribution in [0.5, 0.6) is 0 Å². The minimum absolute atomic E-state index is 0.0775. The number of carbonyl (C=O) groups excluding carboxylic acids is 1. The molecule has 0 bridgehead atoms. The first-order valence-electron chi connectivity index (χ1n) is 8.94. The molecule has 0 radical (unpaired) electrons. The lowest BCUT2D eigenvalue weighted by atomic mass is 9.95. The third-order valence-corrected chi connectivity index (χ3v) is 4.87. The van der Waals surface area contributed by atoms with E-state index in [2.05, 4.69) is 28.2 Å². The van der Waals surface area contributed by atoms with Gasteiger partial charge in [0.2, 0.25) is 0 Å². The third-order valence-electron chi connectivity index (χ3n) is 4.87. The number of carbonyl (C=O) groups is 1. The van der Waals surface area contributed by atoms with E-state index in [4.69, 9.17) is 4.74 Å². The van der Waals surface area contributed by atoms with Crippen LogP contribution in [0.1, 0.15) is 47.4 Å². The molecule has 1 aliphatic heterocycles. The van der Waals surface area contributed by atoms with Crippen LogP contribution in [0.3, 0.4) is 0 Å². The fraction of sp³-hybridized carbons (Fsp3) is 0.556. The van der Waals surface area contributed by atoms with Gasteiger partial charge in [-0.1, -0.05) is 0 Å². The minimum atomic E-state index is -0.0775. The SMILES string of the molecule is CCn1cc2c(n1)CN(C(=O)c1ccncn1)C[C@@H]2COCC1CC1.